The van der Waals surface area contributed by atoms with Crippen LogP contribution in [0.1, 0.15) is 33.6 Å². The van der Waals surface area contributed by atoms with Gasteiger partial charge in [-0.3, -0.25) is 0 Å². The maximum absolute atomic E-state index is 11.6. The number of nitrogens with one attached hydrogen (secondary N) is 1. The Morgan fingerprint density at radius 2 is 2.27 bits per heavy atom. The Bertz CT molecular complexity index is 276. The lowest BCUT2D eigenvalue weighted by molar-refractivity contribution is -0.147. The first-order chi connectivity index (χ1) is 6.89. The Balaban J connectivity index is 2.73. The highest BCUT2D eigenvalue weighted by molar-refractivity contribution is 5.86. The van der Waals surface area contributed by atoms with Crippen LogP contribution in [0.4, 0.5) is 4.79 Å². The van der Waals surface area contributed by atoms with E-state index in [9.17, 15) is 9.59 Å². The van der Waals surface area contributed by atoms with Gasteiger partial charge in [-0.25, -0.2) is 9.59 Å². The van der Waals surface area contributed by atoms with Gasteiger partial charge in [0.2, 0.25) is 0 Å². The number of urea groups is 1. The highest BCUT2D eigenvalue weighted by Gasteiger charge is 2.42. The number of amides is 2. The summed E-state index contributed by atoms with van der Waals surface area (Å²) in [5.74, 6) is -0.977. The Morgan fingerprint density at radius 3 is 2.73 bits per heavy atom. The molecule has 1 saturated heterocycles. The second-order valence-electron chi connectivity index (χ2n) is 4.41. The lowest BCUT2D eigenvalue weighted by Gasteiger charge is -2.30. The molecule has 0 aromatic heterocycles. The minimum absolute atomic E-state index is 0.0844. The van der Waals surface area contributed by atoms with Crippen LogP contribution in [0.25, 0.3) is 0 Å². The van der Waals surface area contributed by atoms with Gasteiger partial charge in [-0.05, 0) is 20.3 Å². The predicted molar refractivity (Wildman–Crippen MR) is 55.6 cm³/mol. The average Bonchev–Trinajstić information content (AvgIpc) is 2.47. The molecule has 15 heavy (non-hydrogen) atoms. The van der Waals surface area contributed by atoms with Crippen molar-refractivity contribution < 1.29 is 14.7 Å². The van der Waals surface area contributed by atoms with Gasteiger partial charge in [0, 0.05) is 12.6 Å². The second kappa shape index (κ2) is 4.08. The van der Waals surface area contributed by atoms with Gasteiger partial charge in [-0.1, -0.05) is 13.3 Å². The van der Waals surface area contributed by atoms with Gasteiger partial charge >= 0.3 is 12.0 Å². The molecule has 0 aromatic carbocycles. The van der Waals surface area contributed by atoms with Crippen molar-refractivity contribution in [2.75, 3.05) is 6.54 Å². The molecule has 1 rings (SSSR count). The van der Waals surface area contributed by atoms with E-state index in [0.29, 0.717) is 6.54 Å². The molecule has 2 N–H and O–H groups in total. The van der Waals surface area contributed by atoms with Crippen LogP contribution in [0.15, 0.2) is 0 Å². The number of carbonyl (C=O) groups is 2. The number of hydrogen-bond donors (Lipinski definition) is 2. The second-order valence-corrected chi connectivity index (χ2v) is 4.41. The van der Waals surface area contributed by atoms with Gasteiger partial charge in [0.15, 0.2) is 0 Å². The molecule has 5 heteroatoms. The summed E-state index contributed by atoms with van der Waals surface area (Å²) in [6.07, 6.45) is 1.87. The molecule has 0 saturated carbocycles. The van der Waals surface area contributed by atoms with Crippen LogP contribution in [-0.2, 0) is 4.79 Å². The molecule has 0 aromatic rings. The number of aliphatic carboxylic acids is 1. The van der Waals surface area contributed by atoms with Crippen molar-refractivity contribution in [3.8, 4) is 0 Å². The molecule has 1 atom stereocenters. The van der Waals surface area contributed by atoms with Crippen molar-refractivity contribution in [3.63, 3.8) is 0 Å². The minimum Gasteiger partial charge on any atom is -0.480 e. The summed E-state index contributed by atoms with van der Waals surface area (Å²) in [5.41, 5.74) is -1.13. The van der Waals surface area contributed by atoms with Crippen molar-refractivity contribution in [2.24, 2.45) is 0 Å². The summed E-state index contributed by atoms with van der Waals surface area (Å²) in [7, 11) is 0. The predicted octanol–water partition coefficient (Wildman–Crippen LogP) is 1.04. The van der Waals surface area contributed by atoms with Gasteiger partial charge in [0.25, 0.3) is 0 Å². The van der Waals surface area contributed by atoms with Gasteiger partial charge in [0.05, 0.1) is 0 Å². The SMILES string of the molecule is CCCC1CN(C(C)(C)C(=O)O)C(=O)N1. The largest absolute Gasteiger partial charge is 0.480 e. The van der Waals surface area contributed by atoms with Crippen molar-refractivity contribution >= 4 is 12.0 Å². The molecule has 1 heterocycles. The zero-order valence-electron chi connectivity index (χ0n) is 9.41. The number of hydrogen-bond acceptors (Lipinski definition) is 2. The smallest absolute Gasteiger partial charge is 0.329 e. The molecule has 5 nitrogen and oxygen atoms in total. The van der Waals surface area contributed by atoms with Crippen molar-refractivity contribution in [1.29, 1.82) is 0 Å². The van der Waals surface area contributed by atoms with Crippen LogP contribution in [0.5, 0.6) is 0 Å². The molecule has 0 bridgehead atoms. The summed E-state index contributed by atoms with van der Waals surface area (Å²) in [5, 5.41) is 11.8. The van der Waals surface area contributed by atoms with E-state index in [0.717, 1.165) is 12.8 Å². The fourth-order valence-corrected chi connectivity index (χ4v) is 1.71. The van der Waals surface area contributed by atoms with E-state index in [2.05, 4.69) is 5.32 Å². The van der Waals surface area contributed by atoms with Crippen LogP contribution in [0.2, 0.25) is 0 Å². The topological polar surface area (TPSA) is 69.6 Å². The number of nitrogens with zero attached hydrogens (tertiary/aromatic N) is 1. The highest BCUT2D eigenvalue weighted by atomic mass is 16.4. The van der Waals surface area contributed by atoms with Gasteiger partial charge in [0.1, 0.15) is 5.54 Å². The maximum atomic E-state index is 11.6. The average molecular weight is 214 g/mol. The minimum atomic E-state index is -1.13. The van der Waals surface area contributed by atoms with E-state index in [1.54, 1.807) is 13.8 Å². The van der Waals surface area contributed by atoms with E-state index >= 15 is 0 Å². The van der Waals surface area contributed by atoms with Crippen LogP contribution in [0.3, 0.4) is 0 Å². The van der Waals surface area contributed by atoms with Gasteiger partial charge in [-0.2, -0.15) is 0 Å². The third kappa shape index (κ3) is 2.22. The third-order valence-corrected chi connectivity index (χ3v) is 2.81. The van der Waals surface area contributed by atoms with Crippen LogP contribution in [-0.4, -0.2) is 40.1 Å². The molecule has 1 aliphatic heterocycles. The Morgan fingerprint density at radius 1 is 1.67 bits per heavy atom. The molecule has 2 amide bonds. The molecular formula is C10H18N2O3. The Hall–Kier alpha value is -1.26. The fourth-order valence-electron chi connectivity index (χ4n) is 1.71. The molecule has 86 valence electrons. The van der Waals surface area contributed by atoms with Crippen LogP contribution < -0.4 is 5.32 Å². The molecule has 1 fully saturated rings. The van der Waals surface area contributed by atoms with Crippen molar-refractivity contribution in [1.82, 2.24) is 10.2 Å². The quantitative estimate of drug-likeness (QED) is 0.734. The van der Waals surface area contributed by atoms with Crippen molar-refractivity contribution in [2.45, 2.75) is 45.2 Å². The van der Waals surface area contributed by atoms with E-state index < -0.39 is 11.5 Å². The molecule has 0 radical (unpaired) electrons. The summed E-state index contributed by atoms with van der Waals surface area (Å²) in [6.45, 7) is 5.61. The lowest BCUT2D eigenvalue weighted by atomic mass is 10.0. The first-order valence-corrected chi connectivity index (χ1v) is 5.21. The van der Waals surface area contributed by atoms with Crippen LogP contribution in [0, 0.1) is 0 Å². The number of carboxylic acids is 1. The number of carbonyl (C=O) groups excluding carboxylic acids is 1. The summed E-state index contributed by atoms with van der Waals surface area (Å²) in [4.78, 5) is 23.9. The third-order valence-electron chi connectivity index (χ3n) is 2.81. The monoisotopic (exact) mass is 214 g/mol. The molecular weight excluding hydrogens is 196 g/mol. The van der Waals surface area contributed by atoms with Crippen LogP contribution >= 0.6 is 0 Å². The Labute approximate surface area is 89.4 Å². The molecule has 1 unspecified atom stereocenters. The van der Waals surface area contributed by atoms with Crippen molar-refractivity contribution in [3.05, 3.63) is 0 Å². The van der Waals surface area contributed by atoms with E-state index in [1.807, 2.05) is 6.92 Å². The first-order valence-electron chi connectivity index (χ1n) is 5.21. The van der Waals surface area contributed by atoms with E-state index in [-0.39, 0.29) is 12.1 Å². The maximum Gasteiger partial charge on any atom is 0.329 e. The Kier molecular flexibility index (Phi) is 3.21. The molecule has 0 spiro atoms. The zero-order valence-corrected chi connectivity index (χ0v) is 9.41. The summed E-state index contributed by atoms with van der Waals surface area (Å²) < 4.78 is 0. The van der Waals surface area contributed by atoms with E-state index in [4.69, 9.17) is 5.11 Å². The normalized spacial score (nSPS) is 21.7. The highest BCUT2D eigenvalue weighted by Crippen LogP contribution is 2.20. The number of rotatable bonds is 4. The number of carboxylic acid groups (broad SMARTS) is 1. The summed E-state index contributed by atoms with van der Waals surface area (Å²) in [6, 6.07) is -0.193. The lowest BCUT2D eigenvalue weighted by Crippen LogP contribution is -2.51. The summed E-state index contributed by atoms with van der Waals surface area (Å²) >= 11 is 0. The standard InChI is InChI=1S/C10H18N2O3/c1-4-5-7-6-12(9(15)11-7)10(2,3)8(13)14/h7H,4-6H2,1-3H3,(H,11,15)(H,13,14). The zero-order chi connectivity index (χ0) is 11.6. The van der Waals surface area contributed by atoms with E-state index in [1.165, 1.54) is 4.90 Å². The molecule has 1 aliphatic rings. The molecule has 0 aliphatic carbocycles. The fraction of sp³-hybridized carbons (Fsp3) is 0.800. The van der Waals surface area contributed by atoms with Gasteiger partial charge in [-0.15, -0.1) is 0 Å². The van der Waals surface area contributed by atoms with Gasteiger partial charge < -0.3 is 15.3 Å². The first kappa shape index (κ1) is 11.8.